The number of nitrogens with zero attached hydrogens (tertiary/aromatic N) is 3. The molecule has 0 atom stereocenters. The molecule has 2 heterocycles. The van der Waals surface area contributed by atoms with Crippen molar-refractivity contribution in [3.05, 3.63) is 71.8 Å². The number of pyridine rings is 1. The fourth-order valence-electron chi connectivity index (χ4n) is 4.33. The van der Waals surface area contributed by atoms with E-state index in [1.165, 1.54) is 18.5 Å². The Bertz CT molecular complexity index is 1110. The van der Waals surface area contributed by atoms with Crippen molar-refractivity contribution in [1.29, 1.82) is 0 Å². The van der Waals surface area contributed by atoms with E-state index in [0.29, 0.717) is 28.2 Å². The standard InChI is InChI=1S/C26H29FN4O2/c1-16(2)25-29-14-18(15-30-25)26(32)31-24-21(20-6-4-5-7-22(20)27)12-13-28-23(24)17-8-10-19(33-3)11-9-17/h4-7,12-17,19H,8-11H2,1-3H3,(H,31,32). The minimum Gasteiger partial charge on any atom is -0.381 e. The van der Waals surface area contributed by atoms with Gasteiger partial charge in [-0.3, -0.25) is 9.78 Å². The fourth-order valence-corrected chi connectivity index (χ4v) is 4.33. The zero-order chi connectivity index (χ0) is 23.4. The lowest BCUT2D eigenvalue weighted by molar-refractivity contribution is 0.0655. The van der Waals surface area contributed by atoms with Gasteiger partial charge in [0.25, 0.3) is 5.91 Å². The quantitative estimate of drug-likeness (QED) is 0.521. The van der Waals surface area contributed by atoms with Crippen LogP contribution in [0.15, 0.2) is 48.9 Å². The zero-order valence-electron chi connectivity index (χ0n) is 19.2. The number of carbonyl (C=O) groups excluding carboxylic acids is 1. The molecule has 4 rings (SSSR count). The SMILES string of the molecule is COC1CCC(c2nccc(-c3ccccc3F)c2NC(=O)c2cnc(C(C)C)nc2)CC1. The fraction of sp³-hybridized carbons (Fsp3) is 0.385. The first-order valence-corrected chi connectivity index (χ1v) is 11.4. The molecule has 33 heavy (non-hydrogen) atoms. The maximum Gasteiger partial charge on any atom is 0.258 e. The lowest BCUT2D eigenvalue weighted by Crippen LogP contribution is -2.22. The van der Waals surface area contributed by atoms with Crippen molar-refractivity contribution >= 4 is 11.6 Å². The third-order valence-electron chi connectivity index (χ3n) is 6.23. The smallest absolute Gasteiger partial charge is 0.258 e. The van der Waals surface area contributed by atoms with E-state index in [2.05, 4.69) is 20.3 Å². The molecule has 0 saturated heterocycles. The Labute approximate surface area is 193 Å². The third kappa shape index (κ3) is 5.09. The molecule has 0 bridgehead atoms. The van der Waals surface area contributed by atoms with Crippen molar-refractivity contribution < 1.29 is 13.9 Å². The number of nitrogens with one attached hydrogen (secondary N) is 1. The lowest BCUT2D eigenvalue weighted by Gasteiger charge is -2.29. The molecule has 0 radical (unpaired) electrons. The van der Waals surface area contributed by atoms with Crippen LogP contribution in [0.3, 0.4) is 0 Å². The maximum atomic E-state index is 14.7. The molecule has 6 nitrogen and oxygen atoms in total. The number of halogens is 1. The van der Waals surface area contributed by atoms with Gasteiger partial charge in [-0.05, 0) is 37.8 Å². The van der Waals surface area contributed by atoms with Crippen LogP contribution >= 0.6 is 0 Å². The second kappa shape index (κ2) is 10.2. The molecule has 1 aliphatic carbocycles. The number of hydrogen-bond donors (Lipinski definition) is 1. The van der Waals surface area contributed by atoms with Crippen LogP contribution in [0.4, 0.5) is 10.1 Å². The first kappa shape index (κ1) is 23.0. The summed E-state index contributed by atoms with van der Waals surface area (Å²) in [6.45, 7) is 3.99. The Balaban J connectivity index is 1.72. The zero-order valence-corrected chi connectivity index (χ0v) is 19.2. The number of amides is 1. The Morgan fingerprint density at radius 3 is 2.36 bits per heavy atom. The molecule has 1 N–H and O–H groups in total. The van der Waals surface area contributed by atoms with Gasteiger partial charge in [-0.15, -0.1) is 0 Å². The first-order chi connectivity index (χ1) is 16.0. The molecule has 1 saturated carbocycles. The van der Waals surface area contributed by atoms with Gasteiger partial charge in [0.15, 0.2) is 0 Å². The van der Waals surface area contributed by atoms with Crippen molar-refractivity contribution in [2.24, 2.45) is 0 Å². The van der Waals surface area contributed by atoms with Crippen LogP contribution in [0.5, 0.6) is 0 Å². The van der Waals surface area contributed by atoms with Crippen molar-refractivity contribution in [1.82, 2.24) is 15.0 Å². The van der Waals surface area contributed by atoms with Crippen LogP contribution < -0.4 is 5.32 Å². The second-order valence-corrected chi connectivity index (χ2v) is 8.75. The molecule has 1 aromatic carbocycles. The highest BCUT2D eigenvalue weighted by molar-refractivity contribution is 6.06. The number of aromatic nitrogens is 3. The number of anilines is 1. The molecule has 2 aromatic heterocycles. The first-order valence-electron chi connectivity index (χ1n) is 11.4. The minimum atomic E-state index is -0.349. The van der Waals surface area contributed by atoms with E-state index < -0.39 is 0 Å². The molecule has 1 amide bonds. The van der Waals surface area contributed by atoms with E-state index in [1.54, 1.807) is 37.6 Å². The van der Waals surface area contributed by atoms with Crippen molar-refractivity contribution in [3.63, 3.8) is 0 Å². The Kier molecular flexibility index (Phi) is 7.08. The van der Waals surface area contributed by atoms with Gasteiger partial charge in [-0.2, -0.15) is 0 Å². The minimum absolute atomic E-state index is 0.151. The molecular formula is C26H29FN4O2. The predicted molar refractivity (Wildman–Crippen MR) is 126 cm³/mol. The number of methoxy groups -OCH3 is 1. The van der Waals surface area contributed by atoms with Crippen LogP contribution in [0.25, 0.3) is 11.1 Å². The van der Waals surface area contributed by atoms with Crippen molar-refractivity contribution in [2.45, 2.75) is 57.5 Å². The topological polar surface area (TPSA) is 77.0 Å². The molecule has 0 spiro atoms. The van der Waals surface area contributed by atoms with Gasteiger partial charge in [-0.1, -0.05) is 32.0 Å². The van der Waals surface area contributed by atoms with E-state index in [-0.39, 0.29) is 29.7 Å². The number of benzene rings is 1. The summed E-state index contributed by atoms with van der Waals surface area (Å²) in [6, 6.07) is 8.32. The van der Waals surface area contributed by atoms with E-state index in [0.717, 1.165) is 31.4 Å². The van der Waals surface area contributed by atoms with Crippen LogP contribution in [0, 0.1) is 5.82 Å². The molecule has 1 aliphatic rings. The average Bonchev–Trinajstić information content (AvgIpc) is 2.85. The van der Waals surface area contributed by atoms with Gasteiger partial charge >= 0.3 is 0 Å². The highest BCUT2D eigenvalue weighted by Crippen LogP contribution is 2.40. The van der Waals surface area contributed by atoms with Crippen LogP contribution in [-0.2, 0) is 4.74 Å². The van der Waals surface area contributed by atoms with E-state index in [4.69, 9.17) is 4.74 Å². The Morgan fingerprint density at radius 1 is 1.03 bits per heavy atom. The van der Waals surface area contributed by atoms with Crippen molar-refractivity contribution in [2.75, 3.05) is 12.4 Å². The maximum absolute atomic E-state index is 14.7. The summed E-state index contributed by atoms with van der Waals surface area (Å²) >= 11 is 0. The van der Waals surface area contributed by atoms with E-state index in [1.807, 2.05) is 13.8 Å². The summed E-state index contributed by atoms with van der Waals surface area (Å²) in [4.78, 5) is 26.4. The highest BCUT2D eigenvalue weighted by atomic mass is 19.1. The summed E-state index contributed by atoms with van der Waals surface area (Å²) in [5.74, 6) is 0.302. The molecule has 172 valence electrons. The van der Waals surface area contributed by atoms with Gasteiger partial charge in [0.1, 0.15) is 11.6 Å². The normalized spacial score (nSPS) is 18.3. The molecule has 0 aliphatic heterocycles. The highest BCUT2D eigenvalue weighted by Gasteiger charge is 2.27. The summed E-state index contributed by atoms with van der Waals surface area (Å²) in [5.41, 5.74) is 2.70. The largest absolute Gasteiger partial charge is 0.381 e. The molecule has 7 heteroatoms. The Morgan fingerprint density at radius 2 is 1.73 bits per heavy atom. The van der Waals surface area contributed by atoms with Gasteiger partial charge in [0.2, 0.25) is 0 Å². The number of hydrogen-bond acceptors (Lipinski definition) is 5. The summed E-state index contributed by atoms with van der Waals surface area (Å²) < 4.78 is 20.2. The summed E-state index contributed by atoms with van der Waals surface area (Å²) in [6.07, 6.45) is 8.61. The predicted octanol–water partition coefficient (Wildman–Crippen LogP) is 5.73. The van der Waals surface area contributed by atoms with Crippen molar-refractivity contribution in [3.8, 4) is 11.1 Å². The summed E-state index contributed by atoms with van der Waals surface area (Å²) in [7, 11) is 1.74. The number of carbonyl (C=O) groups is 1. The number of ether oxygens (including phenoxy) is 1. The Hall–Kier alpha value is -3.19. The molecule has 1 fully saturated rings. The van der Waals surface area contributed by atoms with Gasteiger partial charge in [-0.25, -0.2) is 14.4 Å². The van der Waals surface area contributed by atoms with E-state index >= 15 is 0 Å². The van der Waals surface area contributed by atoms with Gasteiger partial charge in [0, 0.05) is 48.7 Å². The van der Waals surface area contributed by atoms with Crippen LogP contribution in [0.1, 0.15) is 73.2 Å². The van der Waals surface area contributed by atoms with Crippen LogP contribution in [-0.4, -0.2) is 34.1 Å². The number of rotatable bonds is 6. The van der Waals surface area contributed by atoms with Gasteiger partial charge < -0.3 is 10.1 Å². The van der Waals surface area contributed by atoms with Crippen LogP contribution in [0.2, 0.25) is 0 Å². The second-order valence-electron chi connectivity index (χ2n) is 8.75. The lowest BCUT2D eigenvalue weighted by atomic mass is 9.83. The third-order valence-corrected chi connectivity index (χ3v) is 6.23. The molecule has 0 unspecified atom stereocenters. The monoisotopic (exact) mass is 448 g/mol. The molecular weight excluding hydrogens is 419 g/mol. The van der Waals surface area contributed by atoms with E-state index in [9.17, 15) is 9.18 Å². The van der Waals surface area contributed by atoms with Gasteiger partial charge in [0.05, 0.1) is 23.0 Å². The summed E-state index contributed by atoms with van der Waals surface area (Å²) in [5, 5.41) is 3.01. The molecule has 3 aromatic rings. The average molecular weight is 449 g/mol.